The highest BCUT2D eigenvalue weighted by Crippen LogP contribution is 2.31. The molecule has 2 nitrogen and oxygen atoms in total. The second-order valence-corrected chi connectivity index (χ2v) is 6.20. The van der Waals surface area contributed by atoms with Gasteiger partial charge in [-0.3, -0.25) is 4.79 Å². The Morgan fingerprint density at radius 2 is 1.83 bits per heavy atom. The van der Waals surface area contributed by atoms with Crippen LogP contribution in [0.2, 0.25) is 0 Å². The number of thioether (sulfide) groups is 1. The summed E-state index contributed by atoms with van der Waals surface area (Å²) in [7, 11) is 0. The molecular weight excluding hydrogens is 342 g/mol. The zero-order valence-corrected chi connectivity index (χ0v) is 13.5. The van der Waals surface area contributed by atoms with Gasteiger partial charge >= 0.3 is 6.18 Å². The van der Waals surface area contributed by atoms with E-state index in [-0.39, 0.29) is 23.5 Å². The fraction of sp³-hybridized carbons (Fsp3) is 0.235. The Balaban J connectivity index is 1.90. The molecule has 1 N–H and O–H groups in total. The van der Waals surface area contributed by atoms with E-state index in [2.05, 4.69) is 5.32 Å². The van der Waals surface area contributed by atoms with Crippen molar-refractivity contribution in [1.29, 1.82) is 0 Å². The summed E-state index contributed by atoms with van der Waals surface area (Å²) >= 11 is 1.03. The Labute approximate surface area is 141 Å². The normalized spacial score (nSPS) is 12.7. The molecule has 2 aromatic carbocycles. The third-order valence-electron chi connectivity index (χ3n) is 3.28. The molecule has 1 atom stereocenters. The van der Waals surface area contributed by atoms with Crippen LogP contribution >= 0.6 is 11.8 Å². The van der Waals surface area contributed by atoms with Crippen molar-refractivity contribution in [1.82, 2.24) is 5.32 Å². The molecule has 128 valence electrons. The molecule has 0 aliphatic heterocycles. The van der Waals surface area contributed by atoms with Gasteiger partial charge in [0.15, 0.2) is 0 Å². The van der Waals surface area contributed by atoms with Crippen molar-refractivity contribution >= 4 is 17.7 Å². The van der Waals surface area contributed by atoms with Gasteiger partial charge in [-0.25, -0.2) is 4.39 Å². The molecule has 0 bridgehead atoms. The summed E-state index contributed by atoms with van der Waals surface area (Å²) in [6, 6.07) is 10.3. The van der Waals surface area contributed by atoms with E-state index in [9.17, 15) is 22.4 Å². The van der Waals surface area contributed by atoms with Gasteiger partial charge in [0.05, 0.1) is 17.4 Å². The van der Waals surface area contributed by atoms with Crippen LogP contribution in [0.15, 0.2) is 53.4 Å². The SMILES string of the molecule is CC(NC(=O)CSc1cccc(C(F)(F)F)c1)c1ccc(F)cc1. The third-order valence-corrected chi connectivity index (χ3v) is 4.27. The van der Waals surface area contributed by atoms with Crippen LogP contribution in [-0.4, -0.2) is 11.7 Å². The Morgan fingerprint density at radius 1 is 1.17 bits per heavy atom. The van der Waals surface area contributed by atoms with Crippen LogP contribution in [0.5, 0.6) is 0 Å². The second-order valence-electron chi connectivity index (χ2n) is 5.16. The van der Waals surface area contributed by atoms with E-state index in [1.54, 1.807) is 19.1 Å². The maximum absolute atomic E-state index is 12.9. The van der Waals surface area contributed by atoms with Gasteiger partial charge in [0, 0.05) is 4.90 Å². The molecule has 0 radical (unpaired) electrons. The number of amides is 1. The lowest BCUT2D eigenvalue weighted by Crippen LogP contribution is -2.28. The quantitative estimate of drug-likeness (QED) is 0.614. The van der Waals surface area contributed by atoms with Gasteiger partial charge in [-0.2, -0.15) is 13.2 Å². The average Bonchev–Trinajstić information content (AvgIpc) is 2.53. The fourth-order valence-corrected chi connectivity index (χ4v) is 2.80. The summed E-state index contributed by atoms with van der Waals surface area (Å²) in [5, 5.41) is 2.73. The zero-order valence-electron chi connectivity index (χ0n) is 12.7. The first-order valence-corrected chi connectivity index (χ1v) is 8.09. The molecule has 2 rings (SSSR count). The Bertz CT molecular complexity index is 700. The van der Waals surface area contributed by atoms with Crippen molar-refractivity contribution in [3.63, 3.8) is 0 Å². The monoisotopic (exact) mass is 357 g/mol. The van der Waals surface area contributed by atoms with Crippen LogP contribution in [-0.2, 0) is 11.0 Å². The maximum Gasteiger partial charge on any atom is 0.416 e. The molecule has 0 saturated carbocycles. The number of carbonyl (C=O) groups excluding carboxylic acids is 1. The van der Waals surface area contributed by atoms with Crippen LogP contribution in [0.1, 0.15) is 24.1 Å². The first-order valence-electron chi connectivity index (χ1n) is 7.10. The maximum atomic E-state index is 12.9. The number of hydrogen-bond donors (Lipinski definition) is 1. The lowest BCUT2D eigenvalue weighted by Gasteiger charge is -2.14. The minimum absolute atomic E-state index is 0.00710. The lowest BCUT2D eigenvalue weighted by atomic mass is 10.1. The van der Waals surface area contributed by atoms with Crippen LogP contribution < -0.4 is 5.32 Å². The highest BCUT2D eigenvalue weighted by Gasteiger charge is 2.30. The van der Waals surface area contributed by atoms with Gasteiger partial charge < -0.3 is 5.32 Å². The topological polar surface area (TPSA) is 29.1 Å². The molecule has 0 aliphatic rings. The molecule has 1 unspecified atom stereocenters. The van der Waals surface area contributed by atoms with E-state index in [4.69, 9.17) is 0 Å². The summed E-state index contributed by atoms with van der Waals surface area (Å²) in [6.07, 6.45) is -4.41. The molecule has 1 amide bonds. The molecule has 24 heavy (non-hydrogen) atoms. The number of rotatable bonds is 5. The van der Waals surface area contributed by atoms with Crippen LogP contribution in [0.3, 0.4) is 0 Å². The molecule has 0 spiro atoms. The smallest absolute Gasteiger partial charge is 0.349 e. The van der Waals surface area contributed by atoms with Crippen molar-refractivity contribution < 1.29 is 22.4 Å². The van der Waals surface area contributed by atoms with E-state index >= 15 is 0 Å². The van der Waals surface area contributed by atoms with E-state index in [0.29, 0.717) is 4.90 Å². The first-order chi connectivity index (χ1) is 11.3. The van der Waals surface area contributed by atoms with Crippen LogP contribution in [0.25, 0.3) is 0 Å². The highest BCUT2D eigenvalue weighted by atomic mass is 32.2. The Hall–Kier alpha value is -2.02. The molecule has 0 saturated heterocycles. The molecule has 0 aromatic heterocycles. The van der Waals surface area contributed by atoms with Gasteiger partial charge in [0.25, 0.3) is 0 Å². The number of benzene rings is 2. The Morgan fingerprint density at radius 3 is 2.46 bits per heavy atom. The third kappa shape index (κ3) is 5.26. The predicted molar refractivity (Wildman–Crippen MR) is 85.1 cm³/mol. The van der Waals surface area contributed by atoms with E-state index in [0.717, 1.165) is 29.5 Å². The summed E-state index contributed by atoms with van der Waals surface area (Å²) in [6.45, 7) is 1.75. The van der Waals surface area contributed by atoms with Gasteiger partial charge in [-0.1, -0.05) is 18.2 Å². The van der Waals surface area contributed by atoms with Crippen molar-refractivity contribution in [3.8, 4) is 0 Å². The van der Waals surface area contributed by atoms with Gasteiger partial charge in [-0.15, -0.1) is 11.8 Å². The van der Waals surface area contributed by atoms with Gasteiger partial charge in [0.1, 0.15) is 5.82 Å². The largest absolute Gasteiger partial charge is 0.416 e. The summed E-state index contributed by atoms with van der Waals surface area (Å²) < 4.78 is 50.8. The Kier molecular flexibility index (Phi) is 5.88. The summed E-state index contributed by atoms with van der Waals surface area (Å²) in [5.41, 5.74) is 0.00130. The molecule has 0 aliphatic carbocycles. The average molecular weight is 357 g/mol. The summed E-state index contributed by atoms with van der Waals surface area (Å²) in [5.74, 6) is -0.682. The van der Waals surface area contributed by atoms with E-state index in [1.807, 2.05) is 0 Å². The predicted octanol–water partition coefficient (Wildman–Crippen LogP) is 4.81. The van der Waals surface area contributed by atoms with Crippen LogP contribution in [0.4, 0.5) is 17.6 Å². The standard InChI is InChI=1S/C17H15F4NOS/c1-11(12-5-7-14(18)8-6-12)22-16(23)10-24-15-4-2-3-13(9-15)17(19,20)21/h2-9,11H,10H2,1H3,(H,22,23). The minimum atomic E-state index is -4.41. The second kappa shape index (κ2) is 7.70. The molecule has 2 aromatic rings. The van der Waals surface area contributed by atoms with E-state index < -0.39 is 11.7 Å². The molecule has 0 fully saturated rings. The number of halogens is 4. The van der Waals surface area contributed by atoms with Crippen molar-refractivity contribution in [2.45, 2.75) is 24.0 Å². The first kappa shape index (κ1) is 18.3. The van der Waals surface area contributed by atoms with Crippen molar-refractivity contribution in [3.05, 3.63) is 65.5 Å². The van der Waals surface area contributed by atoms with Gasteiger partial charge in [0.2, 0.25) is 5.91 Å². The van der Waals surface area contributed by atoms with Crippen LogP contribution in [0, 0.1) is 5.82 Å². The molecule has 0 heterocycles. The number of carbonyl (C=O) groups is 1. The van der Waals surface area contributed by atoms with Crippen molar-refractivity contribution in [2.75, 3.05) is 5.75 Å². The summed E-state index contributed by atoms with van der Waals surface area (Å²) in [4.78, 5) is 12.3. The molecular formula is C17H15F4NOS. The molecule has 7 heteroatoms. The minimum Gasteiger partial charge on any atom is -0.349 e. The zero-order chi connectivity index (χ0) is 17.7. The van der Waals surface area contributed by atoms with E-state index in [1.165, 1.54) is 24.3 Å². The van der Waals surface area contributed by atoms with Crippen molar-refractivity contribution in [2.24, 2.45) is 0 Å². The fourth-order valence-electron chi connectivity index (χ4n) is 2.03. The van der Waals surface area contributed by atoms with Gasteiger partial charge in [-0.05, 0) is 42.8 Å². The highest BCUT2D eigenvalue weighted by molar-refractivity contribution is 8.00. The number of nitrogens with one attached hydrogen (secondary N) is 1. The lowest BCUT2D eigenvalue weighted by molar-refractivity contribution is -0.137. The number of hydrogen-bond acceptors (Lipinski definition) is 2. The number of alkyl halides is 3.